The average Bonchev–Trinajstić information content (AvgIpc) is 3.48. The van der Waals surface area contributed by atoms with E-state index in [0.717, 1.165) is 10.8 Å². The van der Waals surface area contributed by atoms with E-state index >= 15 is 0 Å². The molecule has 2 unspecified atom stereocenters. The summed E-state index contributed by atoms with van der Waals surface area (Å²) in [5.74, 6) is -3.16. The summed E-state index contributed by atoms with van der Waals surface area (Å²) in [4.78, 5) is 43.2. The van der Waals surface area contributed by atoms with Crippen LogP contribution in [0.5, 0.6) is 0 Å². The number of amides is 2. The van der Waals surface area contributed by atoms with Crippen molar-refractivity contribution in [1.29, 1.82) is 0 Å². The van der Waals surface area contributed by atoms with Gasteiger partial charge in [0.1, 0.15) is 6.04 Å². The minimum absolute atomic E-state index is 0.179. The van der Waals surface area contributed by atoms with Crippen LogP contribution in [0.15, 0.2) is 55.1 Å². The molecule has 178 valence electrons. The fourth-order valence-electron chi connectivity index (χ4n) is 6.16. The number of carbonyl (C=O) groups excluding carboxylic acids is 2. The summed E-state index contributed by atoms with van der Waals surface area (Å²) in [5, 5.41) is 21.7. The largest absolute Gasteiger partial charge is 0.481 e. The second kappa shape index (κ2) is 8.43. The Morgan fingerprint density at radius 2 is 2.03 bits per heavy atom. The van der Waals surface area contributed by atoms with Crippen LogP contribution in [0.4, 0.5) is 5.69 Å². The molecule has 2 aromatic rings. The van der Waals surface area contributed by atoms with Crippen LogP contribution in [0.25, 0.3) is 10.8 Å². The molecular formula is C26H28N2O5S. The summed E-state index contributed by atoms with van der Waals surface area (Å²) in [6.07, 6.45) is 2.92. The van der Waals surface area contributed by atoms with Crippen LogP contribution in [0.2, 0.25) is 0 Å². The van der Waals surface area contributed by atoms with E-state index in [2.05, 4.69) is 6.58 Å². The standard InChI is InChI=1S/C26H28N2O5S/c1-3-12-27(18-9-8-16-6-4-5-7-17(16)13-18)24(31)22-26-11-10-19(34-26)20(25(32)33)21(26)23(30)28(22)15(2)14-29/h3-9,13,15,19-22,29H,1,10-12,14H2,2H3,(H,32,33)/t15-,19-,20+,21+,22?,26?/m1/s1. The summed E-state index contributed by atoms with van der Waals surface area (Å²) in [7, 11) is 0. The van der Waals surface area contributed by atoms with Crippen molar-refractivity contribution in [2.45, 2.75) is 41.8 Å². The molecule has 5 rings (SSSR count). The number of nitrogens with zero attached hydrogens (tertiary/aromatic N) is 2. The molecule has 8 heteroatoms. The zero-order valence-electron chi connectivity index (χ0n) is 19.0. The SMILES string of the molecule is C=CCN(C(=O)C1N([C@H](C)CO)C(=O)[C@@H]2[C@@H](C(=O)O)[C@H]3CCC12S3)c1ccc2ccccc2c1. The van der Waals surface area contributed by atoms with Gasteiger partial charge in [0.05, 0.1) is 29.2 Å². The van der Waals surface area contributed by atoms with E-state index in [4.69, 9.17) is 0 Å². The lowest BCUT2D eigenvalue weighted by molar-refractivity contribution is -0.149. The smallest absolute Gasteiger partial charge is 0.308 e. The first-order chi connectivity index (χ1) is 16.3. The Labute approximate surface area is 202 Å². The van der Waals surface area contributed by atoms with Gasteiger partial charge in [-0.15, -0.1) is 18.3 Å². The number of aliphatic hydroxyl groups excluding tert-OH is 1. The maximum absolute atomic E-state index is 14.3. The molecule has 0 aliphatic carbocycles. The first-order valence-corrected chi connectivity index (χ1v) is 12.5. The lowest BCUT2D eigenvalue weighted by atomic mass is 9.71. The maximum atomic E-state index is 14.3. The lowest BCUT2D eigenvalue weighted by Crippen LogP contribution is -2.57. The molecule has 3 saturated heterocycles. The zero-order valence-corrected chi connectivity index (χ0v) is 19.8. The van der Waals surface area contributed by atoms with Crippen molar-refractivity contribution < 1.29 is 24.6 Å². The Morgan fingerprint density at radius 3 is 2.71 bits per heavy atom. The Bertz CT molecular complexity index is 1180. The molecule has 0 saturated carbocycles. The third-order valence-corrected chi connectivity index (χ3v) is 9.57. The number of benzene rings is 2. The summed E-state index contributed by atoms with van der Waals surface area (Å²) in [5.41, 5.74) is 0.694. The molecule has 7 nitrogen and oxygen atoms in total. The summed E-state index contributed by atoms with van der Waals surface area (Å²) in [6.45, 7) is 5.48. The molecule has 2 aromatic carbocycles. The third kappa shape index (κ3) is 3.19. The average molecular weight is 481 g/mol. The van der Waals surface area contributed by atoms with Gasteiger partial charge in [-0.1, -0.05) is 36.4 Å². The number of rotatable bonds is 7. The molecule has 6 atom stereocenters. The fraction of sp³-hybridized carbons (Fsp3) is 0.423. The second-order valence-corrected chi connectivity index (χ2v) is 11.0. The van der Waals surface area contributed by atoms with Crippen LogP contribution >= 0.6 is 11.8 Å². The van der Waals surface area contributed by atoms with E-state index in [1.54, 1.807) is 17.9 Å². The molecule has 2 amide bonds. The van der Waals surface area contributed by atoms with Crippen LogP contribution in [-0.2, 0) is 14.4 Å². The van der Waals surface area contributed by atoms with Gasteiger partial charge in [0.2, 0.25) is 5.91 Å². The Hall–Kier alpha value is -2.84. The zero-order chi connectivity index (χ0) is 24.2. The highest BCUT2D eigenvalue weighted by molar-refractivity contribution is 8.02. The van der Waals surface area contributed by atoms with Crippen molar-refractivity contribution in [2.24, 2.45) is 11.8 Å². The van der Waals surface area contributed by atoms with Crippen molar-refractivity contribution in [3.05, 3.63) is 55.1 Å². The predicted molar refractivity (Wildman–Crippen MR) is 132 cm³/mol. The van der Waals surface area contributed by atoms with Crippen molar-refractivity contribution in [3.63, 3.8) is 0 Å². The van der Waals surface area contributed by atoms with Gasteiger partial charge < -0.3 is 20.0 Å². The number of carbonyl (C=O) groups is 3. The van der Waals surface area contributed by atoms with Gasteiger partial charge in [-0.2, -0.15) is 0 Å². The number of thioether (sulfide) groups is 1. The molecule has 3 fully saturated rings. The van der Waals surface area contributed by atoms with E-state index in [1.807, 2.05) is 42.5 Å². The Balaban J connectivity index is 1.61. The molecule has 2 bridgehead atoms. The number of fused-ring (bicyclic) bond motifs is 2. The van der Waals surface area contributed by atoms with E-state index in [1.165, 1.54) is 16.7 Å². The maximum Gasteiger partial charge on any atom is 0.308 e. The lowest BCUT2D eigenvalue weighted by Gasteiger charge is -2.38. The van der Waals surface area contributed by atoms with Gasteiger partial charge in [-0.25, -0.2) is 0 Å². The molecule has 3 heterocycles. The van der Waals surface area contributed by atoms with Crippen molar-refractivity contribution in [3.8, 4) is 0 Å². The first-order valence-electron chi connectivity index (χ1n) is 11.6. The molecule has 0 radical (unpaired) electrons. The number of carboxylic acid groups (broad SMARTS) is 1. The minimum Gasteiger partial charge on any atom is -0.481 e. The molecule has 3 aliphatic rings. The highest BCUT2D eigenvalue weighted by Gasteiger charge is 2.74. The van der Waals surface area contributed by atoms with Gasteiger partial charge in [0.15, 0.2) is 0 Å². The normalized spacial score (nSPS) is 30.4. The van der Waals surface area contributed by atoms with Crippen LogP contribution < -0.4 is 4.90 Å². The molecular weight excluding hydrogens is 452 g/mol. The van der Waals surface area contributed by atoms with Crippen molar-refractivity contribution >= 4 is 46.0 Å². The third-order valence-electron chi connectivity index (χ3n) is 7.62. The number of carboxylic acids is 1. The van der Waals surface area contributed by atoms with Gasteiger partial charge in [-0.05, 0) is 42.7 Å². The van der Waals surface area contributed by atoms with Crippen LogP contribution in [0.1, 0.15) is 19.8 Å². The highest BCUT2D eigenvalue weighted by atomic mass is 32.2. The van der Waals surface area contributed by atoms with Crippen LogP contribution in [0.3, 0.4) is 0 Å². The predicted octanol–water partition coefficient (Wildman–Crippen LogP) is 2.92. The number of likely N-dealkylation sites (tertiary alicyclic amines) is 1. The number of hydrogen-bond donors (Lipinski definition) is 2. The highest BCUT2D eigenvalue weighted by Crippen LogP contribution is 2.66. The number of aliphatic hydroxyl groups is 1. The monoisotopic (exact) mass is 480 g/mol. The molecule has 3 aliphatic heterocycles. The van der Waals surface area contributed by atoms with Crippen molar-refractivity contribution in [1.82, 2.24) is 4.90 Å². The molecule has 0 aromatic heterocycles. The van der Waals surface area contributed by atoms with E-state index in [9.17, 15) is 24.6 Å². The minimum atomic E-state index is -0.986. The summed E-state index contributed by atoms with van der Waals surface area (Å²) < 4.78 is -0.804. The van der Waals surface area contributed by atoms with E-state index < -0.39 is 34.6 Å². The molecule has 2 N–H and O–H groups in total. The number of hydrogen-bond acceptors (Lipinski definition) is 5. The number of anilines is 1. The van der Waals surface area contributed by atoms with Crippen LogP contribution in [-0.4, -0.2) is 68.1 Å². The fourth-order valence-corrected chi connectivity index (χ4v) is 8.35. The second-order valence-electron chi connectivity index (χ2n) is 9.44. The summed E-state index contributed by atoms with van der Waals surface area (Å²) >= 11 is 1.49. The quantitative estimate of drug-likeness (QED) is 0.592. The Kier molecular flexibility index (Phi) is 5.68. The van der Waals surface area contributed by atoms with Gasteiger partial charge >= 0.3 is 5.97 Å². The van der Waals surface area contributed by atoms with Gasteiger partial charge in [0, 0.05) is 17.5 Å². The van der Waals surface area contributed by atoms with Gasteiger partial charge in [0.25, 0.3) is 5.91 Å². The van der Waals surface area contributed by atoms with E-state index in [0.29, 0.717) is 18.5 Å². The van der Waals surface area contributed by atoms with Gasteiger partial charge in [-0.3, -0.25) is 14.4 Å². The Morgan fingerprint density at radius 1 is 1.29 bits per heavy atom. The number of aliphatic carboxylic acids is 1. The summed E-state index contributed by atoms with van der Waals surface area (Å²) in [6, 6.07) is 12.2. The van der Waals surface area contributed by atoms with Crippen LogP contribution in [0, 0.1) is 11.8 Å². The van der Waals surface area contributed by atoms with Crippen molar-refractivity contribution in [2.75, 3.05) is 18.1 Å². The topological polar surface area (TPSA) is 98.2 Å². The van der Waals surface area contributed by atoms with E-state index in [-0.39, 0.29) is 30.2 Å². The molecule has 34 heavy (non-hydrogen) atoms. The first kappa shape index (κ1) is 22.9. The molecule has 1 spiro atoms.